The molecule has 0 fully saturated rings. The molecule has 0 aliphatic carbocycles. The number of carbonyl (C=O) groups excluding carboxylic acids is 2. The maximum absolute atomic E-state index is 11.8. The van der Waals surface area contributed by atoms with Gasteiger partial charge in [0.1, 0.15) is 5.78 Å². The van der Waals surface area contributed by atoms with Crippen molar-refractivity contribution in [2.24, 2.45) is 0 Å². The first kappa shape index (κ1) is 12.7. The van der Waals surface area contributed by atoms with Gasteiger partial charge in [0.15, 0.2) is 5.60 Å². The molecule has 0 radical (unpaired) electrons. The van der Waals surface area contributed by atoms with Gasteiger partial charge in [-0.2, -0.15) is 0 Å². The minimum Gasteiger partial charge on any atom is -0.375 e. The lowest BCUT2D eigenvalue weighted by Crippen LogP contribution is -2.35. The second kappa shape index (κ2) is 4.19. The summed E-state index contributed by atoms with van der Waals surface area (Å²) in [6.45, 7) is 1.34. The lowest BCUT2D eigenvalue weighted by Gasteiger charge is -2.19. The van der Waals surface area contributed by atoms with Crippen LogP contribution in [0.3, 0.4) is 0 Å². The van der Waals surface area contributed by atoms with E-state index < -0.39 is 11.5 Å². The van der Waals surface area contributed by atoms with Crippen LogP contribution >= 0.6 is 31.9 Å². The molecule has 1 aromatic rings. The van der Waals surface area contributed by atoms with Gasteiger partial charge in [0.2, 0.25) is 0 Å². The summed E-state index contributed by atoms with van der Waals surface area (Å²) in [5.74, 6) is -0.812. The van der Waals surface area contributed by atoms with Crippen molar-refractivity contribution in [1.29, 1.82) is 0 Å². The van der Waals surface area contributed by atoms with E-state index in [2.05, 4.69) is 37.2 Å². The van der Waals surface area contributed by atoms with Crippen LogP contribution in [0.1, 0.15) is 18.9 Å². The number of amides is 1. The summed E-state index contributed by atoms with van der Waals surface area (Å²) in [7, 11) is 0. The Balaban J connectivity index is 2.60. The van der Waals surface area contributed by atoms with E-state index in [9.17, 15) is 14.7 Å². The fourth-order valence-corrected chi connectivity index (χ4v) is 3.23. The van der Waals surface area contributed by atoms with Gasteiger partial charge >= 0.3 is 0 Å². The van der Waals surface area contributed by atoms with Gasteiger partial charge in [0.05, 0.1) is 5.69 Å². The normalized spacial score (nSPS) is 22.2. The van der Waals surface area contributed by atoms with Crippen molar-refractivity contribution in [3.05, 3.63) is 26.6 Å². The van der Waals surface area contributed by atoms with Gasteiger partial charge in [0.25, 0.3) is 5.91 Å². The Morgan fingerprint density at radius 3 is 2.71 bits per heavy atom. The summed E-state index contributed by atoms with van der Waals surface area (Å²) in [5, 5.41) is 12.9. The maximum atomic E-state index is 11.8. The molecule has 90 valence electrons. The van der Waals surface area contributed by atoms with Gasteiger partial charge in [-0.05, 0) is 35.0 Å². The molecule has 17 heavy (non-hydrogen) atoms. The summed E-state index contributed by atoms with van der Waals surface area (Å²) < 4.78 is 1.39. The Bertz CT molecular complexity index is 530. The third-order valence-corrected chi connectivity index (χ3v) is 3.70. The van der Waals surface area contributed by atoms with Crippen LogP contribution in [-0.2, 0) is 15.2 Å². The number of nitrogens with one attached hydrogen (secondary N) is 1. The van der Waals surface area contributed by atoms with Crippen LogP contribution in [0.15, 0.2) is 21.1 Å². The third kappa shape index (κ3) is 2.05. The number of ketones is 1. The van der Waals surface area contributed by atoms with E-state index >= 15 is 0 Å². The predicted octanol–water partition coefficient (Wildman–Crippen LogP) is 2.33. The van der Waals surface area contributed by atoms with E-state index in [1.165, 1.54) is 6.92 Å². The van der Waals surface area contributed by atoms with Crippen molar-refractivity contribution in [3.63, 3.8) is 0 Å². The third-order valence-electron chi connectivity index (χ3n) is 2.62. The molecule has 1 amide bonds. The Morgan fingerprint density at radius 1 is 1.47 bits per heavy atom. The summed E-state index contributed by atoms with van der Waals surface area (Å²) in [4.78, 5) is 23.0. The molecule has 0 saturated carbocycles. The number of benzene rings is 1. The van der Waals surface area contributed by atoms with E-state index in [1.54, 1.807) is 12.1 Å². The van der Waals surface area contributed by atoms with Crippen molar-refractivity contribution < 1.29 is 14.7 Å². The van der Waals surface area contributed by atoms with Crippen molar-refractivity contribution in [1.82, 2.24) is 0 Å². The van der Waals surface area contributed by atoms with E-state index in [4.69, 9.17) is 0 Å². The smallest absolute Gasteiger partial charge is 0.261 e. The first-order valence-electron chi connectivity index (χ1n) is 4.87. The summed E-state index contributed by atoms with van der Waals surface area (Å²) in [6.07, 6.45) is -0.227. The molecular weight excluding hydrogens is 354 g/mol. The van der Waals surface area contributed by atoms with Gasteiger partial charge in [-0.15, -0.1) is 0 Å². The highest BCUT2D eigenvalue weighted by atomic mass is 79.9. The zero-order valence-electron chi connectivity index (χ0n) is 8.88. The molecule has 4 nitrogen and oxygen atoms in total. The zero-order valence-corrected chi connectivity index (χ0v) is 12.1. The number of fused-ring (bicyclic) bond motifs is 1. The Labute approximate surface area is 115 Å². The van der Waals surface area contributed by atoms with Crippen LogP contribution in [0.2, 0.25) is 0 Å². The quantitative estimate of drug-likeness (QED) is 0.848. The van der Waals surface area contributed by atoms with E-state index in [0.29, 0.717) is 15.7 Å². The summed E-state index contributed by atoms with van der Waals surface area (Å²) in [5.41, 5.74) is -0.839. The van der Waals surface area contributed by atoms with E-state index in [0.717, 1.165) is 4.47 Å². The molecule has 6 heteroatoms. The van der Waals surface area contributed by atoms with Crippen LogP contribution in [0.25, 0.3) is 0 Å². The van der Waals surface area contributed by atoms with E-state index in [1.807, 2.05) is 0 Å². The van der Waals surface area contributed by atoms with Crippen LogP contribution in [0.4, 0.5) is 5.69 Å². The lowest BCUT2D eigenvalue weighted by molar-refractivity contribution is -0.139. The second-order valence-corrected chi connectivity index (χ2v) is 5.77. The number of hydrogen-bond donors (Lipinski definition) is 2. The molecular formula is C11H9Br2NO3. The number of Topliss-reactive ketones (excluding diaryl/α,β-unsaturated/α-hetero) is 1. The van der Waals surface area contributed by atoms with Gasteiger partial charge in [-0.3, -0.25) is 9.59 Å². The number of carbonyl (C=O) groups is 2. The van der Waals surface area contributed by atoms with Crippen molar-refractivity contribution in [2.45, 2.75) is 18.9 Å². The Kier molecular flexibility index (Phi) is 3.14. The highest BCUT2D eigenvalue weighted by molar-refractivity contribution is 9.11. The summed E-state index contributed by atoms with van der Waals surface area (Å²) >= 11 is 6.59. The molecule has 0 unspecified atom stereocenters. The number of anilines is 1. The maximum Gasteiger partial charge on any atom is 0.261 e. The molecule has 0 aromatic heterocycles. The van der Waals surface area contributed by atoms with Crippen LogP contribution < -0.4 is 5.32 Å². The minimum atomic E-state index is -1.77. The highest BCUT2D eigenvalue weighted by Crippen LogP contribution is 2.43. The van der Waals surface area contributed by atoms with Crippen molar-refractivity contribution in [3.8, 4) is 0 Å². The van der Waals surface area contributed by atoms with Gasteiger partial charge < -0.3 is 10.4 Å². The average molecular weight is 363 g/mol. The number of hydrogen-bond acceptors (Lipinski definition) is 3. The van der Waals surface area contributed by atoms with Crippen molar-refractivity contribution >= 4 is 49.2 Å². The van der Waals surface area contributed by atoms with Crippen LogP contribution in [-0.4, -0.2) is 16.8 Å². The van der Waals surface area contributed by atoms with E-state index in [-0.39, 0.29) is 12.2 Å². The fraction of sp³-hybridized carbons (Fsp3) is 0.273. The first-order chi connectivity index (χ1) is 7.84. The monoisotopic (exact) mass is 361 g/mol. The second-order valence-electron chi connectivity index (χ2n) is 4.00. The molecule has 1 aromatic carbocycles. The molecule has 0 spiro atoms. The largest absolute Gasteiger partial charge is 0.375 e. The topological polar surface area (TPSA) is 66.4 Å². The SMILES string of the molecule is CC(=O)C[C@]1(O)C(=O)Nc2c(Br)cc(Br)cc21. The van der Waals surface area contributed by atoms with Crippen LogP contribution in [0, 0.1) is 0 Å². The van der Waals surface area contributed by atoms with Gasteiger partial charge in [0, 0.05) is 20.9 Å². The molecule has 2 rings (SSSR count). The molecule has 1 atom stereocenters. The highest BCUT2D eigenvalue weighted by Gasteiger charge is 2.46. The number of aliphatic hydroxyl groups is 1. The molecule has 2 N–H and O–H groups in total. The Hall–Kier alpha value is -0.720. The van der Waals surface area contributed by atoms with Crippen LogP contribution in [0.5, 0.6) is 0 Å². The molecule has 1 heterocycles. The minimum absolute atomic E-state index is 0.227. The average Bonchev–Trinajstić information content (AvgIpc) is 2.41. The van der Waals surface area contributed by atoms with Crippen molar-refractivity contribution in [2.75, 3.05) is 5.32 Å². The molecule has 1 aliphatic heterocycles. The van der Waals surface area contributed by atoms with Gasteiger partial charge in [-0.1, -0.05) is 15.9 Å². The predicted molar refractivity (Wildman–Crippen MR) is 69.7 cm³/mol. The van der Waals surface area contributed by atoms with Gasteiger partial charge in [-0.25, -0.2) is 0 Å². The standard InChI is InChI=1S/C11H9Br2NO3/c1-5(15)4-11(17)7-2-6(12)3-8(13)9(7)14-10(11)16/h2-3,17H,4H2,1H3,(H,14,16)/t11-/m1/s1. The Morgan fingerprint density at radius 2 is 2.12 bits per heavy atom. The molecule has 0 bridgehead atoms. The fourth-order valence-electron chi connectivity index (χ4n) is 1.90. The molecule has 0 saturated heterocycles. The molecule has 1 aliphatic rings. The number of halogens is 2. The zero-order chi connectivity index (χ0) is 12.8. The summed E-state index contributed by atoms with van der Waals surface area (Å²) in [6, 6.07) is 3.40. The number of rotatable bonds is 2. The lowest BCUT2D eigenvalue weighted by atomic mass is 9.90. The first-order valence-corrected chi connectivity index (χ1v) is 6.46.